The van der Waals surface area contributed by atoms with Crippen LogP contribution in [0.5, 0.6) is 0 Å². The van der Waals surface area contributed by atoms with Crippen molar-refractivity contribution in [3.05, 3.63) is 46.8 Å². The third-order valence-corrected chi connectivity index (χ3v) is 4.12. The number of aromatic nitrogens is 1. The largest absolute Gasteiger partial charge is 0.467 e. The number of hydrogen-bond donors (Lipinski definition) is 1. The molecule has 0 aliphatic heterocycles. The minimum absolute atomic E-state index is 0.308. The fraction of sp³-hybridized carbons (Fsp3) is 0.381. The molecule has 1 heterocycles. The molecule has 0 aliphatic carbocycles. The predicted molar refractivity (Wildman–Crippen MR) is 104 cm³/mol. The van der Waals surface area contributed by atoms with Crippen LogP contribution in [0.4, 0.5) is 5.69 Å². The number of anilines is 1. The Morgan fingerprint density at radius 1 is 1.22 bits per heavy atom. The van der Waals surface area contributed by atoms with E-state index < -0.39 is 17.7 Å². The van der Waals surface area contributed by atoms with Gasteiger partial charge in [0.25, 0.3) is 0 Å². The van der Waals surface area contributed by atoms with Crippen LogP contribution in [0.15, 0.2) is 24.3 Å². The molecule has 1 aromatic heterocycles. The van der Waals surface area contributed by atoms with Gasteiger partial charge in [0.2, 0.25) is 0 Å². The van der Waals surface area contributed by atoms with Gasteiger partial charge in [-0.3, -0.25) is 0 Å². The highest BCUT2D eigenvalue weighted by Gasteiger charge is 2.33. The Labute approximate surface area is 159 Å². The third kappa shape index (κ3) is 4.44. The van der Waals surface area contributed by atoms with Crippen molar-refractivity contribution in [1.29, 1.82) is 5.26 Å². The number of nitrogens with zero attached hydrogens (tertiary/aromatic N) is 2. The van der Waals surface area contributed by atoms with E-state index >= 15 is 0 Å². The van der Waals surface area contributed by atoms with Crippen molar-refractivity contribution in [3.63, 3.8) is 0 Å². The smallest absolute Gasteiger partial charge is 0.339 e. The van der Waals surface area contributed by atoms with Crippen molar-refractivity contribution < 1.29 is 14.3 Å². The second-order valence-corrected chi connectivity index (χ2v) is 7.33. The van der Waals surface area contributed by atoms with Gasteiger partial charge in [-0.15, -0.1) is 0 Å². The van der Waals surface area contributed by atoms with E-state index in [9.17, 15) is 10.1 Å². The monoisotopic (exact) mass is 367 g/mol. The second kappa shape index (κ2) is 7.77. The van der Waals surface area contributed by atoms with Gasteiger partial charge in [0, 0.05) is 16.9 Å². The van der Waals surface area contributed by atoms with Crippen molar-refractivity contribution in [2.75, 3.05) is 12.8 Å². The number of aryl methyl sites for hydroxylation is 1. The number of benzene rings is 1. The molecule has 1 aromatic carbocycles. The van der Waals surface area contributed by atoms with E-state index in [2.05, 4.69) is 11.1 Å². The number of carbonyl (C=O) groups excluding carboxylic acids is 1. The molecular formula is C21H25N3O3. The van der Waals surface area contributed by atoms with Gasteiger partial charge in [-0.2, -0.15) is 5.26 Å². The van der Waals surface area contributed by atoms with Crippen molar-refractivity contribution in [1.82, 2.24) is 4.98 Å². The van der Waals surface area contributed by atoms with Gasteiger partial charge in [-0.25, -0.2) is 9.78 Å². The molecule has 2 rings (SSSR count). The van der Waals surface area contributed by atoms with Crippen LogP contribution in [-0.4, -0.2) is 23.7 Å². The normalized spacial score (nSPS) is 12.3. The molecule has 0 spiro atoms. The van der Waals surface area contributed by atoms with E-state index in [-0.39, 0.29) is 0 Å². The Kier molecular flexibility index (Phi) is 5.87. The SMILES string of the molecule is COC(=O)C(OC(C)(C)C)c1c(C)nc(C#N)c(C)c1-c1ccc(N)cc1. The van der Waals surface area contributed by atoms with Crippen molar-refractivity contribution >= 4 is 11.7 Å². The van der Waals surface area contributed by atoms with Crippen LogP contribution < -0.4 is 5.73 Å². The van der Waals surface area contributed by atoms with E-state index in [1.807, 2.05) is 39.8 Å². The van der Waals surface area contributed by atoms with Gasteiger partial charge in [0.1, 0.15) is 11.8 Å². The highest BCUT2D eigenvalue weighted by Crippen LogP contribution is 2.38. The zero-order chi connectivity index (χ0) is 20.4. The number of nitrogens with two attached hydrogens (primary N) is 1. The lowest BCUT2D eigenvalue weighted by Crippen LogP contribution is -2.29. The third-order valence-electron chi connectivity index (χ3n) is 4.12. The molecule has 27 heavy (non-hydrogen) atoms. The van der Waals surface area contributed by atoms with Crippen LogP contribution in [0, 0.1) is 25.2 Å². The van der Waals surface area contributed by atoms with Gasteiger partial charge >= 0.3 is 5.97 Å². The van der Waals surface area contributed by atoms with E-state index in [1.54, 1.807) is 19.1 Å². The van der Waals surface area contributed by atoms with Crippen LogP contribution in [0.25, 0.3) is 11.1 Å². The van der Waals surface area contributed by atoms with E-state index in [4.69, 9.17) is 15.2 Å². The van der Waals surface area contributed by atoms with Crippen LogP contribution in [0.1, 0.15) is 49.4 Å². The summed E-state index contributed by atoms with van der Waals surface area (Å²) in [7, 11) is 1.32. The zero-order valence-electron chi connectivity index (χ0n) is 16.6. The van der Waals surface area contributed by atoms with Gasteiger partial charge in [-0.05, 0) is 63.4 Å². The zero-order valence-corrected chi connectivity index (χ0v) is 16.6. The molecule has 0 fully saturated rings. The molecule has 1 unspecified atom stereocenters. The maximum absolute atomic E-state index is 12.6. The van der Waals surface area contributed by atoms with Gasteiger partial charge in [0.15, 0.2) is 6.10 Å². The quantitative estimate of drug-likeness (QED) is 0.651. The first-order chi connectivity index (χ1) is 12.6. The maximum atomic E-state index is 12.6. The molecule has 6 nitrogen and oxygen atoms in total. The maximum Gasteiger partial charge on any atom is 0.339 e. The topological polar surface area (TPSA) is 98.2 Å². The van der Waals surface area contributed by atoms with Crippen LogP contribution in [0.2, 0.25) is 0 Å². The summed E-state index contributed by atoms with van der Waals surface area (Å²) in [4.78, 5) is 17.0. The molecule has 142 valence electrons. The summed E-state index contributed by atoms with van der Waals surface area (Å²) in [6.07, 6.45) is -0.971. The summed E-state index contributed by atoms with van der Waals surface area (Å²) in [6, 6.07) is 9.38. The molecule has 0 saturated heterocycles. The Balaban J connectivity index is 2.84. The number of methoxy groups -OCH3 is 1. The summed E-state index contributed by atoms with van der Waals surface area (Å²) in [5.74, 6) is -0.518. The Hall–Kier alpha value is -2.91. The molecule has 2 aromatic rings. The first-order valence-corrected chi connectivity index (χ1v) is 8.61. The Bertz CT molecular complexity index is 891. The number of carbonyl (C=O) groups is 1. The number of nitrogen functional groups attached to an aromatic ring is 1. The number of ether oxygens (including phenoxy) is 2. The van der Waals surface area contributed by atoms with Crippen LogP contribution in [0.3, 0.4) is 0 Å². The molecule has 0 bridgehead atoms. The molecule has 0 radical (unpaired) electrons. The van der Waals surface area contributed by atoms with E-state index in [0.29, 0.717) is 28.2 Å². The number of pyridine rings is 1. The highest BCUT2D eigenvalue weighted by molar-refractivity contribution is 5.84. The van der Waals surface area contributed by atoms with Crippen molar-refractivity contribution in [2.24, 2.45) is 0 Å². The molecular weight excluding hydrogens is 342 g/mol. The fourth-order valence-electron chi connectivity index (χ4n) is 2.95. The summed E-state index contributed by atoms with van der Waals surface area (Å²) < 4.78 is 11.0. The predicted octanol–water partition coefficient (Wildman–Crippen LogP) is 3.85. The molecule has 0 amide bonds. The van der Waals surface area contributed by atoms with Gasteiger partial charge in [-0.1, -0.05) is 12.1 Å². The first kappa shape index (κ1) is 20.4. The standard InChI is InChI=1S/C21H25N3O3/c1-12-16(11-22)24-13(2)18(17(12)14-7-9-15(23)10-8-14)19(20(25)26-6)27-21(3,4)5/h7-10,19H,23H2,1-6H3. The average Bonchev–Trinajstić information content (AvgIpc) is 2.60. The molecule has 0 saturated carbocycles. The van der Waals surface area contributed by atoms with Gasteiger partial charge < -0.3 is 15.2 Å². The summed E-state index contributed by atoms with van der Waals surface area (Å²) in [6.45, 7) is 9.17. The highest BCUT2D eigenvalue weighted by atomic mass is 16.6. The second-order valence-electron chi connectivity index (χ2n) is 7.33. The average molecular weight is 367 g/mol. The molecule has 2 N–H and O–H groups in total. The number of nitriles is 1. The van der Waals surface area contributed by atoms with E-state index in [1.165, 1.54) is 7.11 Å². The summed E-state index contributed by atoms with van der Waals surface area (Å²) in [5, 5.41) is 9.47. The first-order valence-electron chi connectivity index (χ1n) is 8.61. The minimum atomic E-state index is -0.971. The fourth-order valence-corrected chi connectivity index (χ4v) is 2.95. The lowest BCUT2D eigenvalue weighted by Gasteiger charge is -2.29. The van der Waals surface area contributed by atoms with Crippen LogP contribution >= 0.6 is 0 Å². The number of rotatable bonds is 4. The van der Waals surface area contributed by atoms with Gasteiger partial charge in [0.05, 0.1) is 12.7 Å². The van der Waals surface area contributed by atoms with Crippen molar-refractivity contribution in [3.8, 4) is 17.2 Å². The molecule has 6 heteroatoms. The molecule has 1 atom stereocenters. The summed E-state index contributed by atoms with van der Waals surface area (Å²) in [5.41, 5.74) is 9.53. The lowest BCUT2D eigenvalue weighted by molar-refractivity contribution is -0.164. The van der Waals surface area contributed by atoms with E-state index in [0.717, 1.165) is 11.1 Å². The lowest BCUT2D eigenvalue weighted by atomic mass is 9.90. The Morgan fingerprint density at radius 3 is 2.30 bits per heavy atom. The van der Waals surface area contributed by atoms with Crippen molar-refractivity contribution in [2.45, 2.75) is 46.3 Å². The van der Waals surface area contributed by atoms with Crippen LogP contribution in [-0.2, 0) is 14.3 Å². The molecule has 0 aliphatic rings. The Morgan fingerprint density at radius 2 is 1.81 bits per heavy atom. The minimum Gasteiger partial charge on any atom is -0.467 e. The number of esters is 1. The summed E-state index contributed by atoms with van der Waals surface area (Å²) >= 11 is 0. The number of hydrogen-bond acceptors (Lipinski definition) is 6.